The lowest BCUT2D eigenvalue weighted by Gasteiger charge is -2.21. The van der Waals surface area contributed by atoms with Gasteiger partial charge < -0.3 is 16.4 Å². The van der Waals surface area contributed by atoms with Crippen molar-refractivity contribution in [2.24, 2.45) is 12.8 Å². The van der Waals surface area contributed by atoms with Gasteiger partial charge in [0.05, 0.1) is 16.9 Å². The number of benzene rings is 2. The molecule has 4 aromatic rings. The fourth-order valence-corrected chi connectivity index (χ4v) is 4.58. The number of rotatable bonds is 5. The SMILES string of the molecule is Cc1ccc(Nc2c3c(=O)n(C4CC4)c(=O)n(-c4cccc(NC(=N)N)c4)c3c(C)c(=O)n2C)c(F)c1. The molecule has 37 heavy (non-hydrogen) atoms. The quantitative estimate of drug-likeness (QED) is 0.244. The topological polar surface area (TPSA) is 140 Å². The first-order valence-electron chi connectivity index (χ1n) is 11.7. The van der Waals surface area contributed by atoms with E-state index in [4.69, 9.17) is 11.1 Å². The summed E-state index contributed by atoms with van der Waals surface area (Å²) in [4.78, 5) is 40.9. The molecule has 1 saturated carbocycles. The standard InChI is InChI=1S/C26H26FN7O3/c1-13-7-10-19(18(27)11-13)31-22-20-21(14(2)23(35)32(22)3)33(26(37)34(24(20)36)16-8-9-16)17-6-4-5-15(12-17)30-25(28)29/h4-7,10-12,16,31H,8-9H2,1-3H3,(H4,28,29,30). The monoisotopic (exact) mass is 503 g/mol. The molecule has 1 aliphatic carbocycles. The second kappa shape index (κ2) is 8.77. The summed E-state index contributed by atoms with van der Waals surface area (Å²) in [6.45, 7) is 3.31. The van der Waals surface area contributed by atoms with Crippen LogP contribution in [0.5, 0.6) is 0 Å². The number of fused-ring (bicyclic) bond motifs is 1. The summed E-state index contributed by atoms with van der Waals surface area (Å²) >= 11 is 0. The molecule has 0 radical (unpaired) electrons. The number of aromatic nitrogens is 3. The van der Waals surface area contributed by atoms with Crippen molar-refractivity contribution in [2.45, 2.75) is 32.7 Å². The molecule has 1 aliphatic rings. The third-order valence-corrected chi connectivity index (χ3v) is 6.52. The third kappa shape index (κ3) is 4.07. The Morgan fingerprint density at radius 3 is 2.46 bits per heavy atom. The Morgan fingerprint density at radius 2 is 1.81 bits per heavy atom. The minimum absolute atomic E-state index is 0.0829. The first kappa shape index (κ1) is 24.0. The van der Waals surface area contributed by atoms with Gasteiger partial charge in [-0.2, -0.15) is 0 Å². The van der Waals surface area contributed by atoms with E-state index in [1.54, 1.807) is 44.2 Å². The van der Waals surface area contributed by atoms with Gasteiger partial charge in [-0.15, -0.1) is 0 Å². The van der Waals surface area contributed by atoms with Crippen LogP contribution in [0.1, 0.15) is 30.0 Å². The molecular weight excluding hydrogens is 477 g/mol. The zero-order chi connectivity index (χ0) is 26.6. The summed E-state index contributed by atoms with van der Waals surface area (Å²) in [7, 11) is 1.50. The number of halogens is 1. The predicted molar refractivity (Wildman–Crippen MR) is 142 cm³/mol. The van der Waals surface area contributed by atoms with Crippen molar-refractivity contribution < 1.29 is 4.39 Å². The van der Waals surface area contributed by atoms with Gasteiger partial charge in [-0.05, 0) is 62.6 Å². The lowest BCUT2D eigenvalue weighted by molar-refractivity contribution is 0.630. The maximum absolute atomic E-state index is 14.8. The molecule has 0 saturated heterocycles. The number of hydrogen-bond acceptors (Lipinski definition) is 5. The van der Waals surface area contributed by atoms with Gasteiger partial charge in [0.25, 0.3) is 11.1 Å². The Bertz CT molecular complexity index is 1780. The van der Waals surface area contributed by atoms with Crippen LogP contribution in [-0.2, 0) is 7.05 Å². The number of nitrogens with one attached hydrogen (secondary N) is 3. The summed E-state index contributed by atoms with van der Waals surface area (Å²) in [5.41, 5.74) is 5.86. The smallest absolute Gasteiger partial charge is 0.336 e. The maximum Gasteiger partial charge on any atom is 0.336 e. The average molecular weight is 504 g/mol. The van der Waals surface area contributed by atoms with E-state index in [1.165, 1.54) is 32.9 Å². The molecule has 2 heterocycles. The van der Waals surface area contributed by atoms with E-state index in [2.05, 4.69) is 10.6 Å². The fourth-order valence-electron chi connectivity index (χ4n) is 4.58. The molecule has 0 spiro atoms. The van der Waals surface area contributed by atoms with Crippen molar-refractivity contribution in [3.8, 4) is 5.69 Å². The van der Waals surface area contributed by atoms with Crippen LogP contribution in [-0.4, -0.2) is 19.7 Å². The molecule has 0 atom stereocenters. The van der Waals surface area contributed by atoms with Crippen LogP contribution >= 0.6 is 0 Å². The van der Waals surface area contributed by atoms with E-state index in [1.807, 2.05) is 0 Å². The van der Waals surface area contributed by atoms with Crippen LogP contribution in [0.15, 0.2) is 56.8 Å². The highest BCUT2D eigenvalue weighted by Gasteiger charge is 2.31. The lowest BCUT2D eigenvalue weighted by Crippen LogP contribution is -2.41. The molecule has 11 heteroatoms. The summed E-state index contributed by atoms with van der Waals surface area (Å²) in [5, 5.41) is 13.3. The number of anilines is 3. The zero-order valence-corrected chi connectivity index (χ0v) is 20.6. The van der Waals surface area contributed by atoms with Crippen LogP contribution < -0.4 is 33.2 Å². The largest absolute Gasteiger partial charge is 0.370 e. The van der Waals surface area contributed by atoms with Gasteiger partial charge in [0.15, 0.2) is 5.96 Å². The highest BCUT2D eigenvalue weighted by Crippen LogP contribution is 2.34. The van der Waals surface area contributed by atoms with Gasteiger partial charge in [-0.25, -0.2) is 9.18 Å². The molecule has 2 aromatic carbocycles. The second-order valence-electron chi connectivity index (χ2n) is 9.28. The summed E-state index contributed by atoms with van der Waals surface area (Å²) in [6, 6.07) is 10.9. The summed E-state index contributed by atoms with van der Waals surface area (Å²) in [5.74, 6) is -0.742. The first-order valence-corrected chi connectivity index (χ1v) is 11.7. The molecule has 1 fully saturated rings. The van der Waals surface area contributed by atoms with E-state index in [-0.39, 0.29) is 40.0 Å². The van der Waals surface area contributed by atoms with Crippen LogP contribution in [0, 0.1) is 25.1 Å². The fraction of sp³-hybridized carbons (Fsp3) is 0.231. The Morgan fingerprint density at radius 1 is 1.08 bits per heavy atom. The Balaban J connectivity index is 1.90. The minimum Gasteiger partial charge on any atom is -0.370 e. The van der Waals surface area contributed by atoms with Gasteiger partial charge in [-0.3, -0.25) is 28.7 Å². The number of aryl methyl sites for hydroxylation is 2. The van der Waals surface area contributed by atoms with Gasteiger partial charge in [0.2, 0.25) is 0 Å². The zero-order valence-electron chi connectivity index (χ0n) is 20.6. The van der Waals surface area contributed by atoms with Gasteiger partial charge in [-0.1, -0.05) is 12.1 Å². The van der Waals surface area contributed by atoms with Crippen molar-refractivity contribution in [3.63, 3.8) is 0 Å². The molecular formula is C26H26FN7O3. The van der Waals surface area contributed by atoms with Crippen LogP contribution in [0.2, 0.25) is 0 Å². The lowest BCUT2D eigenvalue weighted by atomic mass is 10.1. The average Bonchev–Trinajstić information content (AvgIpc) is 3.67. The highest BCUT2D eigenvalue weighted by molar-refractivity contribution is 5.94. The van der Waals surface area contributed by atoms with Gasteiger partial charge in [0.1, 0.15) is 17.0 Å². The molecule has 0 bridgehead atoms. The second-order valence-corrected chi connectivity index (χ2v) is 9.28. The highest BCUT2D eigenvalue weighted by atomic mass is 19.1. The summed E-state index contributed by atoms with van der Waals surface area (Å²) in [6.07, 6.45) is 1.35. The number of guanidine groups is 1. The van der Waals surface area contributed by atoms with Gasteiger partial charge >= 0.3 is 5.69 Å². The molecule has 190 valence electrons. The third-order valence-electron chi connectivity index (χ3n) is 6.52. The Kier molecular flexibility index (Phi) is 5.70. The molecule has 0 amide bonds. The molecule has 0 unspecified atom stereocenters. The van der Waals surface area contributed by atoms with Crippen molar-refractivity contribution in [1.29, 1.82) is 5.41 Å². The van der Waals surface area contributed by atoms with Crippen LogP contribution in [0.25, 0.3) is 16.6 Å². The first-order chi connectivity index (χ1) is 17.6. The Labute approximate surface area is 210 Å². The van der Waals surface area contributed by atoms with Crippen LogP contribution in [0.3, 0.4) is 0 Å². The van der Waals surface area contributed by atoms with Crippen molar-refractivity contribution in [1.82, 2.24) is 13.7 Å². The molecule has 0 aliphatic heterocycles. The molecule has 5 rings (SSSR count). The molecule has 5 N–H and O–H groups in total. The summed E-state index contributed by atoms with van der Waals surface area (Å²) < 4.78 is 18.6. The van der Waals surface area contributed by atoms with E-state index in [0.717, 1.165) is 5.56 Å². The van der Waals surface area contributed by atoms with Crippen LogP contribution in [0.4, 0.5) is 21.6 Å². The van der Waals surface area contributed by atoms with E-state index in [0.29, 0.717) is 24.2 Å². The van der Waals surface area contributed by atoms with E-state index in [9.17, 15) is 18.8 Å². The van der Waals surface area contributed by atoms with E-state index >= 15 is 0 Å². The van der Waals surface area contributed by atoms with Crippen molar-refractivity contribution in [3.05, 3.63) is 90.6 Å². The number of nitrogens with two attached hydrogens (primary N) is 1. The maximum atomic E-state index is 14.8. The van der Waals surface area contributed by atoms with Gasteiger partial charge in [0, 0.05) is 24.3 Å². The number of pyridine rings is 1. The number of nitrogens with zero attached hydrogens (tertiary/aromatic N) is 3. The molecule has 10 nitrogen and oxygen atoms in total. The normalized spacial score (nSPS) is 13.1. The van der Waals surface area contributed by atoms with Crippen molar-refractivity contribution in [2.75, 3.05) is 10.6 Å². The van der Waals surface area contributed by atoms with E-state index < -0.39 is 22.6 Å². The van der Waals surface area contributed by atoms with Crippen molar-refractivity contribution >= 4 is 34.1 Å². The number of hydrogen-bond donors (Lipinski definition) is 4. The Hall–Kier alpha value is -4.67. The minimum atomic E-state index is -0.580. The predicted octanol–water partition coefficient (Wildman–Crippen LogP) is 2.99. The molecule has 2 aromatic heterocycles.